The van der Waals surface area contributed by atoms with Crippen molar-refractivity contribution in [2.45, 2.75) is 26.7 Å². The number of aromatic nitrogens is 1. The van der Waals surface area contributed by atoms with E-state index in [0.717, 1.165) is 5.56 Å². The third-order valence-corrected chi connectivity index (χ3v) is 4.15. The number of rotatable bonds is 6. The first kappa shape index (κ1) is 19.3. The molecule has 0 spiro atoms. The lowest BCUT2D eigenvalue weighted by Crippen LogP contribution is -2.11. The van der Waals surface area contributed by atoms with Crippen LogP contribution in [-0.2, 0) is 16.0 Å². The van der Waals surface area contributed by atoms with Crippen molar-refractivity contribution in [3.8, 4) is 5.75 Å². The van der Waals surface area contributed by atoms with Crippen molar-refractivity contribution in [3.63, 3.8) is 0 Å². The fourth-order valence-corrected chi connectivity index (χ4v) is 2.80. The number of pyridine rings is 1. The Morgan fingerprint density at radius 3 is 2.61 bits per heavy atom. The van der Waals surface area contributed by atoms with Gasteiger partial charge >= 0.3 is 17.6 Å². The average Bonchev–Trinajstić information content (AvgIpc) is 2.67. The molecule has 2 heterocycles. The van der Waals surface area contributed by atoms with Gasteiger partial charge in [0.05, 0.1) is 12.2 Å². The zero-order valence-corrected chi connectivity index (χ0v) is 15.6. The summed E-state index contributed by atoms with van der Waals surface area (Å²) in [7, 11) is 0. The smallest absolute Gasteiger partial charge is 0.343 e. The van der Waals surface area contributed by atoms with Gasteiger partial charge in [0.1, 0.15) is 11.3 Å². The second-order valence-electron chi connectivity index (χ2n) is 6.13. The molecule has 7 heteroatoms. The van der Waals surface area contributed by atoms with Gasteiger partial charge in [-0.05, 0) is 49.6 Å². The number of fused-ring (bicyclic) bond motifs is 1. The second kappa shape index (κ2) is 8.47. The van der Waals surface area contributed by atoms with Crippen LogP contribution in [0.4, 0.5) is 0 Å². The van der Waals surface area contributed by atoms with Gasteiger partial charge in [-0.2, -0.15) is 0 Å². The zero-order valence-electron chi connectivity index (χ0n) is 15.6. The number of carbonyl (C=O) groups excluding carboxylic acids is 2. The molecule has 0 amide bonds. The Bertz CT molecular complexity index is 1070. The number of esters is 2. The Balaban J connectivity index is 1.99. The lowest BCUT2D eigenvalue weighted by atomic mass is 10.0. The van der Waals surface area contributed by atoms with Crippen LogP contribution < -0.4 is 10.4 Å². The number of benzene rings is 1. The third kappa shape index (κ3) is 4.43. The van der Waals surface area contributed by atoms with Crippen molar-refractivity contribution < 1.29 is 23.5 Å². The quantitative estimate of drug-likeness (QED) is 0.367. The van der Waals surface area contributed by atoms with E-state index in [1.54, 1.807) is 19.9 Å². The van der Waals surface area contributed by atoms with Crippen LogP contribution in [0.1, 0.15) is 34.8 Å². The van der Waals surface area contributed by atoms with Crippen LogP contribution in [0.2, 0.25) is 0 Å². The molecule has 3 rings (SSSR count). The van der Waals surface area contributed by atoms with E-state index in [1.807, 2.05) is 0 Å². The standard InChI is InChI=1S/C21H19NO6/c1-3-26-19(23)5-4-15-11-16-13(2)10-20(24)27-18(16)12-17(15)28-21(25)14-6-8-22-9-7-14/h6-12H,3-5H2,1-2H3. The van der Waals surface area contributed by atoms with Crippen LogP contribution in [0, 0.1) is 6.92 Å². The predicted molar refractivity (Wildman–Crippen MR) is 101 cm³/mol. The van der Waals surface area contributed by atoms with Gasteiger partial charge < -0.3 is 13.9 Å². The number of nitrogens with zero attached hydrogens (tertiary/aromatic N) is 1. The van der Waals surface area contributed by atoms with Crippen molar-refractivity contribution in [2.75, 3.05) is 6.61 Å². The molecule has 0 atom stereocenters. The van der Waals surface area contributed by atoms with Crippen LogP contribution in [0.25, 0.3) is 11.0 Å². The van der Waals surface area contributed by atoms with Gasteiger partial charge in [0.15, 0.2) is 0 Å². The molecule has 2 aromatic heterocycles. The highest BCUT2D eigenvalue weighted by Crippen LogP contribution is 2.29. The minimum absolute atomic E-state index is 0.134. The number of aryl methyl sites for hydroxylation is 2. The molecular formula is C21H19NO6. The minimum Gasteiger partial charge on any atom is -0.466 e. The van der Waals surface area contributed by atoms with E-state index < -0.39 is 11.6 Å². The molecule has 28 heavy (non-hydrogen) atoms. The fourth-order valence-electron chi connectivity index (χ4n) is 2.80. The molecule has 0 aliphatic heterocycles. The Kier molecular flexibility index (Phi) is 5.84. The van der Waals surface area contributed by atoms with E-state index in [0.29, 0.717) is 35.1 Å². The Morgan fingerprint density at radius 1 is 1.14 bits per heavy atom. The highest BCUT2D eigenvalue weighted by atomic mass is 16.5. The summed E-state index contributed by atoms with van der Waals surface area (Å²) in [6.45, 7) is 3.82. The third-order valence-electron chi connectivity index (χ3n) is 4.15. The molecule has 0 saturated carbocycles. The first-order valence-corrected chi connectivity index (χ1v) is 8.83. The molecule has 0 fully saturated rings. The maximum absolute atomic E-state index is 12.4. The maximum atomic E-state index is 12.4. The van der Waals surface area contributed by atoms with Gasteiger partial charge in [-0.3, -0.25) is 9.78 Å². The first-order chi connectivity index (χ1) is 13.5. The highest BCUT2D eigenvalue weighted by Gasteiger charge is 2.16. The van der Waals surface area contributed by atoms with Gasteiger partial charge in [-0.1, -0.05) is 0 Å². The number of hydrogen-bond donors (Lipinski definition) is 0. The molecular weight excluding hydrogens is 362 g/mol. The normalized spacial score (nSPS) is 10.6. The van der Waals surface area contributed by atoms with Crippen LogP contribution in [-0.4, -0.2) is 23.5 Å². The topological polar surface area (TPSA) is 95.7 Å². The van der Waals surface area contributed by atoms with Gasteiger partial charge in [-0.25, -0.2) is 9.59 Å². The van der Waals surface area contributed by atoms with Crippen LogP contribution >= 0.6 is 0 Å². The summed E-state index contributed by atoms with van der Waals surface area (Å²) < 4.78 is 15.7. The van der Waals surface area contributed by atoms with Gasteiger partial charge in [0, 0.05) is 36.3 Å². The SMILES string of the molecule is CCOC(=O)CCc1cc2c(C)cc(=O)oc2cc1OC(=O)c1ccncc1. The lowest BCUT2D eigenvalue weighted by Gasteiger charge is -2.12. The van der Waals surface area contributed by atoms with Crippen LogP contribution in [0.15, 0.2) is 51.9 Å². The van der Waals surface area contributed by atoms with Crippen molar-refractivity contribution in [2.24, 2.45) is 0 Å². The van der Waals surface area contributed by atoms with E-state index in [4.69, 9.17) is 13.9 Å². The van der Waals surface area contributed by atoms with Crippen LogP contribution in [0.5, 0.6) is 5.75 Å². The Hall–Kier alpha value is -3.48. The molecule has 7 nitrogen and oxygen atoms in total. The first-order valence-electron chi connectivity index (χ1n) is 8.83. The number of hydrogen-bond acceptors (Lipinski definition) is 7. The summed E-state index contributed by atoms with van der Waals surface area (Å²) >= 11 is 0. The summed E-state index contributed by atoms with van der Waals surface area (Å²) in [5.74, 6) is -0.688. The molecule has 0 aliphatic rings. The molecule has 3 aromatic rings. The largest absolute Gasteiger partial charge is 0.466 e. The molecule has 0 N–H and O–H groups in total. The summed E-state index contributed by atoms with van der Waals surface area (Å²) in [5.41, 5.74) is 1.52. The van der Waals surface area contributed by atoms with E-state index in [9.17, 15) is 14.4 Å². The van der Waals surface area contributed by atoms with Crippen molar-refractivity contribution in [1.29, 1.82) is 0 Å². The van der Waals surface area contributed by atoms with Crippen molar-refractivity contribution in [1.82, 2.24) is 4.98 Å². The molecule has 0 unspecified atom stereocenters. The van der Waals surface area contributed by atoms with E-state index in [-0.39, 0.29) is 18.1 Å². The predicted octanol–water partition coefficient (Wildman–Crippen LogP) is 3.21. The lowest BCUT2D eigenvalue weighted by molar-refractivity contribution is -0.143. The molecule has 1 aromatic carbocycles. The van der Waals surface area contributed by atoms with Crippen molar-refractivity contribution in [3.05, 3.63) is 69.8 Å². The summed E-state index contributed by atoms with van der Waals surface area (Å²) in [6.07, 6.45) is 3.42. The average molecular weight is 381 g/mol. The van der Waals surface area contributed by atoms with Gasteiger partial charge in [-0.15, -0.1) is 0 Å². The molecule has 0 radical (unpaired) electrons. The van der Waals surface area contributed by atoms with E-state index >= 15 is 0 Å². The summed E-state index contributed by atoms with van der Waals surface area (Å²) in [4.78, 5) is 39.8. The van der Waals surface area contributed by atoms with Gasteiger partial charge in [0.25, 0.3) is 0 Å². The fraction of sp³-hybridized carbons (Fsp3) is 0.238. The molecule has 0 saturated heterocycles. The number of carbonyl (C=O) groups is 2. The zero-order chi connectivity index (χ0) is 20.1. The Morgan fingerprint density at radius 2 is 1.89 bits per heavy atom. The molecule has 0 bridgehead atoms. The van der Waals surface area contributed by atoms with E-state index in [2.05, 4.69) is 4.98 Å². The monoisotopic (exact) mass is 381 g/mol. The van der Waals surface area contributed by atoms with E-state index in [1.165, 1.54) is 36.7 Å². The summed E-state index contributed by atoms with van der Waals surface area (Å²) in [5, 5.41) is 0.710. The summed E-state index contributed by atoms with van der Waals surface area (Å²) in [6, 6.07) is 7.73. The highest BCUT2D eigenvalue weighted by molar-refractivity contribution is 5.92. The molecule has 144 valence electrons. The van der Waals surface area contributed by atoms with Gasteiger partial charge in [0.2, 0.25) is 0 Å². The second-order valence-corrected chi connectivity index (χ2v) is 6.13. The minimum atomic E-state index is -0.575. The Labute approximate surface area is 160 Å². The maximum Gasteiger partial charge on any atom is 0.343 e. The molecule has 0 aliphatic carbocycles. The number of ether oxygens (including phenoxy) is 2. The van der Waals surface area contributed by atoms with Crippen LogP contribution in [0.3, 0.4) is 0 Å². The van der Waals surface area contributed by atoms with Crippen molar-refractivity contribution >= 4 is 22.9 Å².